The van der Waals surface area contributed by atoms with Crippen molar-refractivity contribution in [3.8, 4) is 0 Å². The van der Waals surface area contributed by atoms with Gasteiger partial charge in [0.25, 0.3) is 0 Å². The van der Waals surface area contributed by atoms with Crippen molar-refractivity contribution in [2.75, 3.05) is 5.32 Å². The first-order valence-corrected chi connectivity index (χ1v) is 12.7. The van der Waals surface area contributed by atoms with E-state index >= 15 is 0 Å². The van der Waals surface area contributed by atoms with Gasteiger partial charge in [-0.2, -0.15) is 0 Å². The fourth-order valence-electron chi connectivity index (χ4n) is 4.26. The lowest BCUT2D eigenvalue weighted by Crippen LogP contribution is -2.19. The summed E-state index contributed by atoms with van der Waals surface area (Å²) in [5, 5.41) is 20.6. The summed E-state index contributed by atoms with van der Waals surface area (Å²) in [6, 6.07) is 0.838. The molecular formula is C21H28N4O3S2. The van der Waals surface area contributed by atoms with Gasteiger partial charge in [0.15, 0.2) is 9.92 Å². The van der Waals surface area contributed by atoms with Crippen LogP contribution in [0.4, 0.5) is 10.5 Å². The summed E-state index contributed by atoms with van der Waals surface area (Å²) in [6.07, 6.45) is 3.72. The van der Waals surface area contributed by atoms with Crippen molar-refractivity contribution in [1.82, 2.24) is 4.98 Å². The second kappa shape index (κ2) is 7.40. The molecule has 0 aliphatic heterocycles. The Morgan fingerprint density at radius 3 is 2.33 bits per heavy atom. The van der Waals surface area contributed by atoms with Crippen molar-refractivity contribution in [2.45, 2.75) is 75.0 Å². The number of amides is 2. The van der Waals surface area contributed by atoms with E-state index in [2.05, 4.69) is 23.5 Å². The predicted octanol–water partition coefficient (Wildman–Crippen LogP) is 4.40. The van der Waals surface area contributed by atoms with Crippen LogP contribution >= 0.6 is 11.3 Å². The molecule has 4 N–H and O–H groups in total. The lowest BCUT2D eigenvalue weighted by atomic mass is 10.0. The molecule has 0 aromatic carbocycles. The minimum Gasteiger partial charge on any atom is -0.386 e. The monoisotopic (exact) mass is 448 g/mol. The predicted molar refractivity (Wildman–Crippen MR) is 119 cm³/mol. The fourth-order valence-corrected chi connectivity index (χ4v) is 6.54. The van der Waals surface area contributed by atoms with Crippen LogP contribution in [0.3, 0.4) is 0 Å². The van der Waals surface area contributed by atoms with Crippen LogP contribution in [0.25, 0.3) is 0 Å². The topological polar surface area (TPSA) is 118 Å². The second-order valence-electron chi connectivity index (χ2n) is 8.90. The Balaban J connectivity index is 1.68. The highest BCUT2D eigenvalue weighted by Gasteiger charge is 2.32. The van der Waals surface area contributed by atoms with Gasteiger partial charge >= 0.3 is 6.03 Å². The normalized spacial score (nSPS) is 22.3. The minimum absolute atomic E-state index is 0.266. The first-order chi connectivity index (χ1) is 14.0. The maximum atomic E-state index is 13.0. The van der Waals surface area contributed by atoms with Crippen LogP contribution in [0, 0.1) is 0 Å². The quantitative estimate of drug-likeness (QED) is 0.645. The Bertz CT molecular complexity index is 1100. The Morgan fingerprint density at radius 2 is 1.83 bits per heavy atom. The molecule has 0 unspecified atom stereocenters. The summed E-state index contributed by atoms with van der Waals surface area (Å²) >= 11 is 1.13. The van der Waals surface area contributed by atoms with Gasteiger partial charge in [-0.3, -0.25) is 4.98 Å². The van der Waals surface area contributed by atoms with Gasteiger partial charge in [0.1, 0.15) is 4.21 Å². The summed E-state index contributed by atoms with van der Waals surface area (Å²) < 4.78 is 17.1. The number of aliphatic hydroxyl groups is 1. The number of pyridine rings is 1. The molecule has 4 rings (SSSR count). The Kier molecular flexibility index (Phi) is 5.29. The smallest absolute Gasteiger partial charge is 0.354 e. The number of anilines is 1. The van der Waals surface area contributed by atoms with E-state index in [0.717, 1.165) is 65.2 Å². The van der Waals surface area contributed by atoms with Crippen LogP contribution in [-0.2, 0) is 28.4 Å². The molecule has 2 amide bonds. The molecular weight excluding hydrogens is 420 g/mol. The number of nitrogens with one attached hydrogen (secondary N) is 1. The van der Waals surface area contributed by atoms with Gasteiger partial charge in [-0.25, -0.2) is 14.1 Å². The maximum absolute atomic E-state index is 13.0. The molecule has 0 saturated carbocycles. The van der Waals surface area contributed by atoms with Gasteiger partial charge in [-0.1, -0.05) is 13.8 Å². The van der Waals surface area contributed by atoms with Gasteiger partial charge in [-0.05, 0) is 79.5 Å². The molecule has 0 bridgehead atoms. The van der Waals surface area contributed by atoms with E-state index in [4.69, 9.17) is 10.1 Å². The van der Waals surface area contributed by atoms with Crippen molar-refractivity contribution in [3.63, 3.8) is 0 Å². The van der Waals surface area contributed by atoms with Crippen LogP contribution in [0.2, 0.25) is 0 Å². The first kappa shape index (κ1) is 21.4. The van der Waals surface area contributed by atoms with Gasteiger partial charge in [0.2, 0.25) is 0 Å². The summed E-state index contributed by atoms with van der Waals surface area (Å²) in [6.45, 7) is 7.58. The van der Waals surface area contributed by atoms with E-state index in [1.807, 2.05) is 0 Å². The van der Waals surface area contributed by atoms with Crippen LogP contribution < -0.4 is 10.5 Å². The molecule has 2 aliphatic rings. The molecule has 7 nitrogen and oxygen atoms in total. The number of hydrogen-bond acceptors (Lipinski definition) is 5. The average molecular weight is 449 g/mol. The number of thiophene rings is 1. The van der Waals surface area contributed by atoms with Crippen LogP contribution in [0.15, 0.2) is 20.0 Å². The van der Waals surface area contributed by atoms with Crippen molar-refractivity contribution < 1.29 is 14.1 Å². The van der Waals surface area contributed by atoms with E-state index in [1.165, 1.54) is 0 Å². The zero-order valence-electron chi connectivity index (χ0n) is 17.7. The number of nitrogens with two attached hydrogens (primary N) is 1. The van der Waals surface area contributed by atoms with Crippen LogP contribution in [0.5, 0.6) is 0 Å². The van der Waals surface area contributed by atoms with E-state index in [1.54, 1.807) is 25.3 Å². The number of hydrogen-bond donors (Lipinski definition) is 3. The SMILES string of the molecule is C[C@@H]1CCc2c1nc1c(c2NC(=O)N=[S@](N)(=O)c2cc(C(C)(C)O)cs2)CC[C@@H]1C. The third-order valence-electron chi connectivity index (χ3n) is 6.07. The molecule has 2 aromatic heterocycles. The van der Waals surface area contributed by atoms with Crippen LogP contribution in [0.1, 0.15) is 80.5 Å². The minimum atomic E-state index is -3.41. The average Bonchev–Trinajstić information content (AvgIpc) is 3.35. The number of carbonyl (C=O) groups is 1. The summed E-state index contributed by atoms with van der Waals surface area (Å²) in [5.74, 6) is 0.714. The zero-order chi connectivity index (χ0) is 21.8. The van der Waals surface area contributed by atoms with E-state index in [9.17, 15) is 14.1 Å². The number of rotatable bonds is 3. The van der Waals surface area contributed by atoms with Gasteiger partial charge < -0.3 is 10.4 Å². The first-order valence-electron chi connectivity index (χ1n) is 10.2. The molecule has 9 heteroatoms. The number of nitrogens with zero attached hydrogens (tertiary/aromatic N) is 2. The Hall–Kier alpha value is -1.81. The highest BCUT2D eigenvalue weighted by Crippen LogP contribution is 2.44. The van der Waals surface area contributed by atoms with Gasteiger partial charge in [0.05, 0.1) is 11.3 Å². The summed E-state index contributed by atoms with van der Waals surface area (Å²) in [7, 11) is -3.41. The third kappa shape index (κ3) is 3.79. The molecule has 0 radical (unpaired) electrons. The summed E-state index contributed by atoms with van der Waals surface area (Å²) in [5.41, 5.74) is 4.54. The molecule has 0 spiro atoms. The lowest BCUT2D eigenvalue weighted by molar-refractivity contribution is 0.0789. The van der Waals surface area contributed by atoms with Crippen molar-refractivity contribution in [3.05, 3.63) is 39.5 Å². The molecule has 0 saturated heterocycles. The summed E-state index contributed by atoms with van der Waals surface area (Å²) in [4.78, 5) is 17.7. The molecule has 162 valence electrons. The molecule has 2 heterocycles. The number of fused-ring (bicyclic) bond motifs is 2. The van der Waals surface area contributed by atoms with E-state index in [0.29, 0.717) is 17.4 Å². The van der Waals surface area contributed by atoms with Gasteiger partial charge in [-0.15, -0.1) is 15.7 Å². The molecule has 2 aliphatic carbocycles. The largest absolute Gasteiger partial charge is 0.386 e. The maximum Gasteiger partial charge on any atom is 0.354 e. The van der Waals surface area contributed by atoms with E-state index in [-0.39, 0.29) is 4.21 Å². The van der Waals surface area contributed by atoms with Crippen molar-refractivity contribution in [2.24, 2.45) is 9.50 Å². The Labute approximate surface area is 181 Å². The molecule has 0 fully saturated rings. The molecule has 30 heavy (non-hydrogen) atoms. The van der Waals surface area contributed by atoms with Crippen molar-refractivity contribution >= 4 is 33.0 Å². The third-order valence-corrected chi connectivity index (χ3v) is 8.93. The van der Waals surface area contributed by atoms with Crippen molar-refractivity contribution in [1.29, 1.82) is 0 Å². The highest BCUT2D eigenvalue weighted by atomic mass is 32.2. The zero-order valence-corrected chi connectivity index (χ0v) is 19.3. The lowest BCUT2D eigenvalue weighted by Gasteiger charge is -2.16. The van der Waals surface area contributed by atoms with Gasteiger partial charge in [0, 0.05) is 11.4 Å². The Morgan fingerprint density at radius 1 is 1.27 bits per heavy atom. The second-order valence-corrected chi connectivity index (χ2v) is 11.8. The number of aromatic nitrogens is 1. The molecule has 3 atom stereocenters. The fraction of sp³-hybridized carbons (Fsp3) is 0.524. The van der Waals surface area contributed by atoms with E-state index < -0.39 is 21.5 Å². The van der Waals surface area contributed by atoms with Crippen LogP contribution in [-0.4, -0.2) is 20.3 Å². The number of urea groups is 1. The number of carbonyl (C=O) groups excluding carboxylic acids is 1. The highest BCUT2D eigenvalue weighted by molar-refractivity contribution is 7.93. The standard InChI is InChI=1S/C21H28N4O3S2/c1-11-5-7-14-17(11)23-18-12(2)6-8-15(18)19(14)24-20(26)25-30(22,28)16-9-13(10-29-16)21(3,4)27/h9-12,27H,5-8H2,1-4H3,(H3,22,23,24,25,26,28)/t11-,12+,30-/m0/s1. The molecule has 2 aromatic rings.